The molecule has 1 aromatic carbocycles. The summed E-state index contributed by atoms with van der Waals surface area (Å²) in [4.78, 5) is 2.32. The first-order chi connectivity index (χ1) is 7.16. The maximum Gasteiger partial charge on any atom is 0.123 e. The number of aryl methyl sites for hydroxylation is 1. The van der Waals surface area contributed by atoms with E-state index >= 15 is 0 Å². The quantitative estimate of drug-likeness (QED) is 0.810. The number of nitrogens with one attached hydrogen (secondary N) is 1. The number of hydrogen-bond acceptors (Lipinski definition) is 2. The van der Waals surface area contributed by atoms with Crippen LogP contribution in [0.15, 0.2) is 18.2 Å². The highest BCUT2D eigenvalue weighted by Crippen LogP contribution is 2.14. The van der Waals surface area contributed by atoms with Gasteiger partial charge in [-0.1, -0.05) is 6.07 Å². The molecule has 0 aromatic heterocycles. The second-order valence-electron chi connectivity index (χ2n) is 4.30. The molecule has 1 aliphatic rings. The van der Waals surface area contributed by atoms with Crippen molar-refractivity contribution in [3.8, 4) is 0 Å². The molecule has 15 heavy (non-hydrogen) atoms. The van der Waals surface area contributed by atoms with Crippen LogP contribution in [0.2, 0.25) is 0 Å². The fourth-order valence-electron chi connectivity index (χ4n) is 1.82. The number of rotatable bonds is 3. The first kappa shape index (κ1) is 10.6. The van der Waals surface area contributed by atoms with Gasteiger partial charge in [-0.05, 0) is 37.2 Å². The zero-order valence-electron chi connectivity index (χ0n) is 9.26. The summed E-state index contributed by atoms with van der Waals surface area (Å²) in [6, 6.07) is 5.65. The van der Waals surface area contributed by atoms with E-state index in [0.29, 0.717) is 6.04 Å². The summed E-state index contributed by atoms with van der Waals surface area (Å²) in [5, 5.41) is 3.25. The number of hydrogen-bond donors (Lipinski definition) is 1. The van der Waals surface area contributed by atoms with Gasteiger partial charge in [0.1, 0.15) is 5.82 Å². The molecule has 0 amide bonds. The molecule has 82 valence electrons. The van der Waals surface area contributed by atoms with Gasteiger partial charge >= 0.3 is 0 Å². The fraction of sp³-hybridized carbons (Fsp3) is 0.500. The standard InChI is InChI=1S/C12H17FN2/c1-9-5-11(13)4-3-10(9)8-15(2)12-6-14-7-12/h3-5,12,14H,6-8H2,1-2H3. The van der Waals surface area contributed by atoms with Gasteiger partial charge in [0.05, 0.1) is 0 Å². The molecule has 2 nitrogen and oxygen atoms in total. The molecular formula is C12H17FN2. The molecule has 0 bridgehead atoms. The Balaban J connectivity index is 2.03. The van der Waals surface area contributed by atoms with Crippen molar-refractivity contribution in [3.05, 3.63) is 35.1 Å². The molecule has 1 aromatic rings. The Labute approximate surface area is 90.1 Å². The van der Waals surface area contributed by atoms with Gasteiger partial charge < -0.3 is 5.32 Å². The Kier molecular flexibility index (Phi) is 3.03. The van der Waals surface area contributed by atoms with Crippen LogP contribution in [0.4, 0.5) is 4.39 Å². The molecule has 1 saturated heterocycles. The van der Waals surface area contributed by atoms with Crippen LogP contribution in [0.5, 0.6) is 0 Å². The van der Waals surface area contributed by atoms with E-state index in [-0.39, 0.29) is 5.82 Å². The van der Waals surface area contributed by atoms with E-state index in [0.717, 1.165) is 25.2 Å². The number of likely N-dealkylation sites (N-methyl/N-ethyl adjacent to an activating group) is 1. The Morgan fingerprint density at radius 2 is 2.20 bits per heavy atom. The van der Waals surface area contributed by atoms with Crippen molar-refractivity contribution in [2.45, 2.75) is 19.5 Å². The topological polar surface area (TPSA) is 15.3 Å². The normalized spacial score (nSPS) is 16.8. The summed E-state index contributed by atoms with van der Waals surface area (Å²) in [7, 11) is 2.12. The Morgan fingerprint density at radius 1 is 1.47 bits per heavy atom. The van der Waals surface area contributed by atoms with Gasteiger partial charge in [-0.3, -0.25) is 4.90 Å². The molecule has 0 aliphatic carbocycles. The molecule has 0 atom stereocenters. The zero-order valence-corrected chi connectivity index (χ0v) is 9.26. The highest BCUT2D eigenvalue weighted by molar-refractivity contribution is 5.26. The third-order valence-corrected chi connectivity index (χ3v) is 3.11. The summed E-state index contributed by atoms with van der Waals surface area (Å²) in [5.41, 5.74) is 2.25. The summed E-state index contributed by atoms with van der Waals surface area (Å²) in [6.07, 6.45) is 0. The lowest BCUT2D eigenvalue weighted by atomic mass is 10.1. The molecule has 0 radical (unpaired) electrons. The number of nitrogens with zero attached hydrogens (tertiary/aromatic N) is 1. The lowest BCUT2D eigenvalue weighted by Crippen LogP contribution is -2.55. The number of benzene rings is 1. The van der Waals surface area contributed by atoms with Crippen LogP contribution >= 0.6 is 0 Å². The summed E-state index contributed by atoms with van der Waals surface area (Å²) in [5.74, 6) is -0.149. The van der Waals surface area contributed by atoms with Crippen molar-refractivity contribution in [2.75, 3.05) is 20.1 Å². The minimum atomic E-state index is -0.149. The van der Waals surface area contributed by atoms with Gasteiger partial charge in [0, 0.05) is 25.7 Å². The second kappa shape index (κ2) is 4.29. The third kappa shape index (κ3) is 2.36. The summed E-state index contributed by atoms with van der Waals surface area (Å²) < 4.78 is 12.9. The smallest absolute Gasteiger partial charge is 0.123 e. The van der Waals surface area contributed by atoms with E-state index in [1.165, 1.54) is 11.6 Å². The lowest BCUT2D eigenvalue weighted by molar-refractivity contribution is 0.173. The first-order valence-electron chi connectivity index (χ1n) is 5.33. The molecule has 1 aliphatic heterocycles. The van der Waals surface area contributed by atoms with E-state index < -0.39 is 0 Å². The van der Waals surface area contributed by atoms with Gasteiger partial charge in [-0.25, -0.2) is 4.39 Å². The third-order valence-electron chi connectivity index (χ3n) is 3.11. The molecule has 1 fully saturated rings. The molecule has 0 spiro atoms. The molecule has 0 saturated carbocycles. The van der Waals surface area contributed by atoms with Crippen molar-refractivity contribution in [1.29, 1.82) is 0 Å². The fourth-order valence-corrected chi connectivity index (χ4v) is 1.82. The highest BCUT2D eigenvalue weighted by Gasteiger charge is 2.21. The molecular weight excluding hydrogens is 191 g/mol. The van der Waals surface area contributed by atoms with E-state index in [4.69, 9.17) is 0 Å². The SMILES string of the molecule is Cc1cc(F)ccc1CN(C)C1CNC1. The van der Waals surface area contributed by atoms with E-state index in [9.17, 15) is 4.39 Å². The average molecular weight is 208 g/mol. The summed E-state index contributed by atoms with van der Waals surface area (Å²) >= 11 is 0. The van der Waals surface area contributed by atoms with E-state index in [1.807, 2.05) is 13.0 Å². The Bertz CT molecular complexity index is 347. The van der Waals surface area contributed by atoms with Crippen molar-refractivity contribution >= 4 is 0 Å². The van der Waals surface area contributed by atoms with Gasteiger partial charge in [0.2, 0.25) is 0 Å². The van der Waals surface area contributed by atoms with Crippen LogP contribution in [0, 0.1) is 12.7 Å². The second-order valence-corrected chi connectivity index (χ2v) is 4.30. The Hall–Kier alpha value is -0.930. The van der Waals surface area contributed by atoms with Crippen LogP contribution < -0.4 is 5.32 Å². The summed E-state index contributed by atoms with van der Waals surface area (Å²) in [6.45, 7) is 5.00. The zero-order chi connectivity index (χ0) is 10.8. The predicted molar refractivity (Wildman–Crippen MR) is 59.3 cm³/mol. The van der Waals surface area contributed by atoms with Crippen molar-refractivity contribution in [3.63, 3.8) is 0 Å². The minimum absolute atomic E-state index is 0.149. The number of halogens is 1. The van der Waals surface area contributed by atoms with Crippen molar-refractivity contribution < 1.29 is 4.39 Å². The average Bonchev–Trinajstić information content (AvgIpc) is 2.07. The molecule has 1 N–H and O–H groups in total. The van der Waals surface area contributed by atoms with Gasteiger partial charge in [-0.15, -0.1) is 0 Å². The van der Waals surface area contributed by atoms with Crippen LogP contribution in [-0.2, 0) is 6.54 Å². The Morgan fingerprint density at radius 3 is 2.73 bits per heavy atom. The van der Waals surface area contributed by atoms with Gasteiger partial charge in [0.15, 0.2) is 0 Å². The van der Waals surface area contributed by atoms with Crippen LogP contribution in [0.3, 0.4) is 0 Å². The maximum absolute atomic E-state index is 12.9. The van der Waals surface area contributed by atoms with Crippen LogP contribution in [-0.4, -0.2) is 31.1 Å². The van der Waals surface area contributed by atoms with Crippen molar-refractivity contribution in [2.24, 2.45) is 0 Å². The van der Waals surface area contributed by atoms with Gasteiger partial charge in [-0.2, -0.15) is 0 Å². The van der Waals surface area contributed by atoms with Crippen molar-refractivity contribution in [1.82, 2.24) is 10.2 Å². The van der Waals surface area contributed by atoms with Crippen LogP contribution in [0.1, 0.15) is 11.1 Å². The highest BCUT2D eigenvalue weighted by atomic mass is 19.1. The van der Waals surface area contributed by atoms with Crippen LogP contribution in [0.25, 0.3) is 0 Å². The minimum Gasteiger partial charge on any atom is -0.314 e. The maximum atomic E-state index is 12.9. The largest absolute Gasteiger partial charge is 0.314 e. The predicted octanol–water partition coefficient (Wildman–Crippen LogP) is 1.54. The molecule has 0 unspecified atom stereocenters. The molecule has 1 heterocycles. The molecule has 3 heteroatoms. The monoisotopic (exact) mass is 208 g/mol. The van der Waals surface area contributed by atoms with E-state index in [1.54, 1.807) is 6.07 Å². The first-order valence-corrected chi connectivity index (χ1v) is 5.33. The van der Waals surface area contributed by atoms with Gasteiger partial charge in [0.25, 0.3) is 0 Å². The van der Waals surface area contributed by atoms with E-state index in [2.05, 4.69) is 17.3 Å². The lowest BCUT2D eigenvalue weighted by Gasteiger charge is -2.35. The molecule has 2 rings (SSSR count).